The van der Waals surface area contributed by atoms with E-state index < -0.39 is 0 Å². The fourth-order valence-corrected chi connectivity index (χ4v) is 3.25. The van der Waals surface area contributed by atoms with Gasteiger partial charge in [-0.1, -0.05) is 0 Å². The minimum Gasteiger partial charge on any atom is -0.493 e. The Morgan fingerprint density at radius 2 is 2.08 bits per heavy atom. The molecule has 0 amide bonds. The highest BCUT2D eigenvalue weighted by molar-refractivity contribution is 5.83. The van der Waals surface area contributed by atoms with Crippen LogP contribution in [0.15, 0.2) is 36.5 Å². The zero-order valence-electron chi connectivity index (χ0n) is 14.6. The third kappa shape index (κ3) is 3.32. The molecule has 0 aliphatic carbocycles. The van der Waals surface area contributed by atoms with Crippen LogP contribution in [0.3, 0.4) is 0 Å². The number of nitrogens with one attached hydrogen (secondary N) is 2. The average molecular weight is 356 g/mol. The molecule has 136 valence electrons. The maximum Gasteiger partial charge on any atom is 0.203 e. The number of methoxy groups -OCH3 is 1. The lowest BCUT2D eigenvalue weighted by Crippen LogP contribution is -2.19. The average Bonchev–Trinajstić information content (AvgIpc) is 3.06. The number of hydrogen-bond donors (Lipinski definition) is 2. The van der Waals surface area contributed by atoms with Gasteiger partial charge in [0.1, 0.15) is 19.0 Å². The molecule has 0 bridgehead atoms. The molecule has 0 saturated heterocycles. The van der Waals surface area contributed by atoms with Gasteiger partial charge in [-0.05, 0) is 54.4 Å². The molecule has 2 heterocycles. The number of halogens is 1. The lowest BCUT2D eigenvalue weighted by molar-refractivity contribution is 0.165. The third-order valence-corrected chi connectivity index (χ3v) is 4.52. The van der Waals surface area contributed by atoms with Gasteiger partial charge in [-0.25, -0.2) is 4.39 Å². The zero-order valence-corrected chi connectivity index (χ0v) is 14.6. The summed E-state index contributed by atoms with van der Waals surface area (Å²) in [5.41, 5.74) is 3.08. The van der Waals surface area contributed by atoms with Crippen molar-refractivity contribution in [1.29, 1.82) is 0 Å². The van der Waals surface area contributed by atoms with E-state index in [1.807, 2.05) is 24.4 Å². The summed E-state index contributed by atoms with van der Waals surface area (Å²) in [6.45, 7) is 2.59. The van der Waals surface area contributed by atoms with Crippen LogP contribution in [0.4, 0.5) is 4.39 Å². The molecule has 0 atom stereocenters. The van der Waals surface area contributed by atoms with Crippen LogP contribution in [0.25, 0.3) is 10.9 Å². The number of hydrogen-bond acceptors (Lipinski definition) is 4. The lowest BCUT2D eigenvalue weighted by atomic mass is 10.1. The molecular formula is C20H21FN2O3. The second kappa shape index (κ2) is 7.25. The van der Waals surface area contributed by atoms with Gasteiger partial charge in [0.05, 0.1) is 7.11 Å². The highest BCUT2D eigenvalue weighted by Gasteiger charge is 2.18. The first-order valence-electron chi connectivity index (χ1n) is 8.67. The van der Waals surface area contributed by atoms with E-state index in [-0.39, 0.29) is 5.82 Å². The summed E-state index contributed by atoms with van der Waals surface area (Å²) in [6, 6.07) is 8.79. The molecule has 0 saturated carbocycles. The van der Waals surface area contributed by atoms with E-state index in [1.165, 1.54) is 17.7 Å². The van der Waals surface area contributed by atoms with E-state index in [2.05, 4.69) is 10.3 Å². The number of ether oxygens (including phenoxy) is 3. The van der Waals surface area contributed by atoms with E-state index in [4.69, 9.17) is 14.2 Å². The predicted octanol–water partition coefficient (Wildman–Crippen LogP) is 3.42. The summed E-state index contributed by atoms with van der Waals surface area (Å²) in [5.74, 6) is 1.87. The third-order valence-electron chi connectivity index (χ3n) is 4.52. The molecule has 2 aromatic carbocycles. The van der Waals surface area contributed by atoms with Crippen molar-refractivity contribution in [3.8, 4) is 17.2 Å². The quantitative estimate of drug-likeness (QED) is 0.665. The number of rotatable bonds is 6. The van der Waals surface area contributed by atoms with Gasteiger partial charge in [-0.15, -0.1) is 0 Å². The van der Waals surface area contributed by atoms with Gasteiger partial charge in [0.25, 0.3) is 0 Å². The van der Waals surface area contributed by atoms with Gasteiger partial charge < -0.3 is 24.5 Å². The van der Waals surface area contributed by atoms with Gasteiger partial charge in [-0.2, -0.15) is 0 Å². The maximum absolute atomic E-state index is 13.3. The Hall–Kier alpha value is -2.73. The van der Waals surface area contributed by atoms with Crippen molar-refractivity contribution in [3.63, 3.8) is 0 Å². The first-order chi connectivity index (χ1) is 12.7. The van der Waals surface area contributed by atoms with E-state index in [0.29, 0.717) is 31.3 Å². The number of fused-ring (bicyclic) bond motifs is 2. The van der Waals surface area contributed by atoms with Crippen molar-refractivity contribution in [2.45, 2.75) is 13.0 Å². The summed E-state index contributed by atoms with van der Waals surface area (Å²) in [6.07, 6.45) is 2.80. The normalized spacial score (nSPS) is 13.2. The second-order valence-electron chi connectivity index (χ2n) is 6.25. The van der Waals surface area contributed by atoms with E-state index in [1.54, 1.807) is 7.11 Å². The smallest absolute Gasteiger partial charge is 0.203 e. The standard InChI is InChI=1S/C20H21FN2O3/c1-24-18-8-13(9-19-20(18)26-7-6-25-19)11-22-5-4-14-12-23-17-10-15(21)2-3-16(14)17/h2-3,8-10,12,22-23H,4-7,11H2,1H3. The molecule has 5 nitrogen and oxygen atoms in total. The molecule has 0 spiro atoms. The van der Waals surface area contributed by atoms with E-state index in [9.17, 15) is 4.39 Å². The van der Waals surface area contributed by atoms with Gasteiger partial charge in [-0.3, -0.25) is 0 Å². The monoisotopic (exact) mass is 356 g/mol. The van der Waals surface area contributed by atoms with Gasteiger partial charge in [0.2, 0.25) is 5.75 Å². The molecule has 2 N–H and O–H groups in total. The number of benzene rings is 2. The number of aromatic nitrogens is 1. The Bertz CT molecular complexity index is 906. The molecule has 26 heavy (non-hydrogen) atoms. The molecule has 0 unspecified atom stereocenters. The minimum absolute atomic E-state index is 0.225. The topological polar surface area (TPSA) is 55.5 Å². The first-order valence-corrected chi connectivity index (χ1v) is 8.67. The maximum atomic E-state index is 13.3. The highest BCUT2D eigenvalue weighted by atomic mass is 19.1. The summed E-state index contributed by atoms with van der Waals surface area (Å²) in [5, 5.41) is 4.50. The molecule has 0 radical (unpaired) electrons. The van der Waals surface area contributed by atoms with Crippen LogP contribution >= 0.6 is 0 Å². The Labute approximate surface area is 151 Å². The van der Waals surface area contributed by atoms with Crippen LogP contribution in [-0.4, -0.2) is 31.9 Å². The lowest BCUT2D eigenvalue weighted by Gasteiger charge is -2.21. The van der Waals surface area contributed by atoms with Gasteiger partial charge in [0, 0.05) is 23.6 Å². The summed E-state index contributed by atoms with van der Waals surface area (Å²) in [7, 11) is 1.63. The van der Waals surface area contributed by atoms with Crippen molar-refractivity contribution in [1.82, 2.24) is 10.3 Å². The van der Waals surface area contributed by atoms with Gasteiger partial charge >= 0.3 is 0 Å². The summed E-state index contributed by atoms with van der Waals surface area (Å²) in [4.78, 5) is 3.12. The summed E-state index contributed by atoms with van der Waals surface area (Å²) >= 11 is 0. The first kappa shape index (κ1) is 16.7. The Morgan fingerprint density at radius 1 is 1.19 bits per heavy atom. The summed E-state index contributed by atoms with van der Waals surface area (Å²) < 4.78 is 30.0. The van der Waals surface area contributed by atoms with Crippen LogP contribution < -0.4 is 19.5 Å². The minimum atomic E-state index is -0.225. The van der Waals surface area contributed by atoms with Crippen LogP contribution in [-0.2, 0) is 13.0 Å². The highest BCUT2D eigenvalue weighted by Crippen LogP contribution is 2.40. The zero-order chi connectivity index (χ0) is 17.9. The molecule has 4 rings (SSSR count). The van der Waals surface area contributed by atoms with Crippen LogP contribution in [0, 0.1) is 5.82 Å². The van der Waals surface area contributed by atoms with Crippen LogP contribution in [0.2, 0.25) is 0 Å². The van der Waals surface area contributed by atoms with Crippen LogP contribution in [0.1, 0.15) is 11.1 Å². The predicted molar refractivity (Wildman–Crippen MR) is 97.7 cm³/mol. The van der Waals surface area contributed by atoms with Crippen molar-refractivity contribution in [2.24, 2.45) is 0 Å². The molecule has 1 aromatic heterocycles. The fraction of sp³-hybridized carbons (Fsp3) is 0.300. The van der Waals surface area contributed by atoms with Crippen molar-refractivity contribution in [3.05, 3.63) is 53.5 Å². The van der Waals surface area contributed by atoms with Crippen molar-refractivity contribution in [2.75, 3.05) is 26.9 Å². The molecular weight excluding hydrogens is 335 g/mol. The Kier molecular flexibility index (Phi) is 4.67. The van der Waals surface area contributed by atoms with E-state index >= 15 is 0 Å². The number of H-pyrrole nitrogens is 1. The fourth-order valence-electron chi connectivity index (χ4n) is 3.25. The van der Waals surface area contributed by atoms with Crippen LogP contribution in [0.5, 0.6) is 17.2 Å². The van der Waals surface area contributed by atoms with Crippen molar-refractivity contribution >= 4 is 10.9 Å². The molecule has 6 heteroatoms. The molecule has 1 aliphatic heterocycles. The van der Waals surface area contributed by atoms with E-state index in [0.717, 1.165) is 35.2 Å². The molecule has 3 aromatic rings. The Balaban J connectivity index is 1.38. The van der Waals surface area contributed by atoms with Crippen molar-refractivity contribution < 1.29 is 18.6 Å². The second-order valence-corrected chi connectivity index (χ2v) is 6.25. The number of aromatic amines is 1. The van der Waals surface area contributed by atoms with Gasteiger partial charge in [0.15, 0.2) is 11.5 Å². The Morgan fingerprint density at radius 3 is 2.96 bits per heavy atom. The largest absolute Gasteiger partial charge is 0.493 e. The molecule has 0 fully saturated rings. The SMILES string of the molecule is COc1cc(CNCCc2c[nH]c3cc(F)ccc23)cc2c1OCCO2. The molecule has 1 aliphatic rings.